The van der Waals surface area contributed by atoms with E-state index in [1.807, 2.05) is 18.2 Å². The zero-order valence-corrected chi connectivity index (χ0v) is 9.90. The van der Waals surface area contributed by atoms with E-state index in [1.165, 1.54) is 11.3 Å². The van der Waals surface area contributed by atoms with Gasteiger partial charge in [-0.25, -0.2) is 0 Å². The first-order valence-electron chi connectivity index (χ1n) is 5.94. The van der Waals surface area contributed by atoms with Crippen LogP contribution in [-0.2, 0) is 20.0 Å². The third-order valence-electron chi connectivity index (χ3n) is 3.49. The summed E-state index contributed by atoms with van der Waals surface area (Å²) < 4.78 is 2.18. The van der Waals surface area contributed by atoms with Crippen LogP contribution in [0.25, 0.3) is 11.3 Å². The van der Waals surface area contributed by atoms with Crippen molar-refractivity contribution in [3.63, 3.8) is 0 Å². The van der Waals surface area contributed by atoms with Crippen LogP contribution in [0, 0.1) is 0 Å². The maximum Gasteiger partial charge on any atom is 0.124 e. The van der Waals surface area contributed by atoms with E-state index < -0.39 is 0 Å². The van der Waals surface area contributed by atoms with Gasteiger partial charge in [0.1, 0.15) is 5.75 Å². The molecule has 0 radical (unpaired) electrons. The highest BCUT2D eigenvalue weighted by atomic mass is 16.3. The monoisotopic (exact) mass is 228 g/mol. The molecule has 2 heterocycles. The van der Waals surface area contributed by atoms with Crippen LogP contribution in [0.2, 0.25) is 0 Å². The molecular weight excluding hydrogens is 212 g/mol. The summed E-state index contributed by atoms with van der Waals surface area (Å²) in [6, 6.07) is 9.71. The molecule has 1 aliphatic rings. The molecule has 2 N–H and O–H groups in total. The summed E-state index contributed by atoms with van der Waals surface area (Å²) in [5.74, 6) is 0.346. The minimum Gasteiger partial charge on any atom is -0.507 e. The Morgan fingerprint density at radius 1 is 1.29 bits per heavy atom. The van der Waals surface area contributed by atoms with Crippen LogP contribution in [0.3, 0.4) is 0 Å². The smallest absolute Gasteiger partial charge is 0.124 e. The van der Waals surface area contributed by atoms with Crippen molar-refractivity contribution in [3.05, 3.63) is 41.6 Å². The summed E-state index contributed by atoms with van der Waals surface area (Å²) in [7, 11) is 2.06. The van der Waals surface area contributed by atoms with E-state index in [4.69, 9.17) is 0 Å². The highest BCUT2D eigenvalue weighted by Crippen LogP contribution is 2.32. The predicted octanol–water partition coefficient (Wildman–Crippen LogP) is 2.04. The van der Waals surface area contributed by atoms with E-state index in [2.05, 4.69) is 23.0 Å². The summed E-state index contributed by atoms with van der Waals surface area (Å²) in [6.07, 6.45) is 1.07. The van der Waals surface area contributed by atoms with Crippen molar-refractivity contribution in [2.45, 2.75) is 13.0 Å². The lowest BCUT2D eigenvalue weighted by Crippen LogP contribution is -2.24. The number of aromatic hydroxyl groups is 1. The van der Waals surface area contributed by atoms with Gasteiger partial charge in [0, 0.05) is 24.8 Å². The first kappa shape index (κ1) is 10.4. The van der Waals surface area contributed by atoms with E-state index >= 15 is 0 Å². The Morgan fingerprint density at radius 3 is 2.88 bits per heavy atom. The minimum atomic E-state index is 0.346. The Balaban J connectivity index is 2.16. The van der Waals surface area contributed by atoms with Crippen molar-refractivity contribution < 1.29 is 5.11 Å². The number of hydrogen-bond acceptors (Lipinski definition) is 2. The molecule has 1 aromatic carbocycles. The van der Waals surface area contributed by atoms with E-state index in [0.717, 1.165) is 30.8 Å². The molecule has 1 aromatic heterocycles. The average molecular weight is 228 g/mol. The fourth-order valence-electron chi connectivity index (χ4n) is 2.53. The van der Waals surface area contributed by atoms with Gasteiger partial charge in [-0.3, -0.25) is 0 Å². The predicted molar refractivity (Wildman–Crippen MR) is 67.9 cm³/mol. The summed E-state index contributed by atoms with van der Waals surface area (Å²) in [5, 5.41) is 13.3. The maximum atomic E-state index is 9.92. The molecule has 1 aliphatic heterocycles. The van der Waals surface area contributed by atoms with Gasteiger partial charge in [0.05, 0.1) is 5.69 Å². The summed E-state index contributed by atoms with van der Waals surface area (Å²) in [4.78, 5) is 0. The van der Waals surface area contributed by atoms with Crippen LogP contribution in [0.4, 0.5) is 0 Å². The number of nitrogens with one attached hydrogen (secondary N) is 1. The van der Waals surface area contributed by atoms with Crippen LogP contribution >= 0.6 is 0 Å². The second-order valence-electron chi connectivity index (χ2n) is 4.50. The lowest BCUT2D eigenvalue weighted by atomic mass is 10.1. The minimum absolute atomic E-state index is 0.346. The molecule has 0 bridgehead atoms. The summed E-state index contributed by atoms with van der Waals surface area (Å²) >= 11 is 0. The van der Waals surface area contributed by atoms with Crippen LogP contribution in [0.1, 0.15) is 11.3 Å². The van der Waals surface area contributed by atoms with Gasteiger partial charge in [-0.2, -0.15) is 0 Å². The number of para-hydroxylation sites is 1. The van der Waals surface area contributed by atoms with Gasteiger partial charge in [0.15, 0.2) is 0 Å². The molecule has 0 saturated heterocycles. The number of phenolic OH excluding ortho intramolecular Hbond substituents is 1. The number of phenols is 1. The van der Waals surface area contributed by atoms with Crippen molar-refractivity contribution in [1.29, 1.82) is 0 Å². The van der Waals surface area contributed by atoms with Crippen LogP contribution in [-0.4, -0.2) is 16.2 Å². The Labute approximate surface area is 101 Å². The molecule has 0 atom stereocenters. The van der Waals surface area contributed by atoms with E-state index in [1.54, 1.807) is 6.07 Å². The summed E-state index contributed by atoms with van der Waals surface area (Å²) in [6.45, 7) is 1.96. The zero-order valence-electron chi connectivity index (χ0n) is 9.90. The Hall–Kier alpha value is -1.74. The number of benzene rings is 1. The molecule has 0 spiro atoms. The van der Waals surface area contributed by atoms with Gasteiger partial charge in [-0.15, -0.1) is 0 Å². The topological polar surface area (TPSA) is 37.2 Å². The second-order valence-corrected chi connectivity index (χ2v) is 4.50. The van der Waals surface area contributed by atoms with Crippen LogP contribution in [0.15, 0.2) is 30.3 Å². The largest absolute Gasteiger partial charge is 0.507 e. The molecule has 0 saturated carbocycles. The molecule has 0 aliphatic carbocycles. The number of fused-ring (bicyclic) bond motifs is 1. The number of rotatable bonds is 1. The highest BCUT2D eigenvalue weighted by molar-refractivity contribution is 5.69. The number of aromatic nitrogens is 1. The van der Waals surface area contributed by atoms with Crippen molar-refractivity contribution in [2.75, 3.05) is 6.54 Å². The van der Waals surface area contributed by atoms with Crippen molar-refractivity contribution in [3.8, 4) is 17.0 Å². The Kier molecular flexibility index (Phi) is 2.41. The molecule has 3 nitrogen and oxygen atoms in total. The highest BCUT2D eigenvalue weighted by Gasteiger charge is 2.17. The molecular formula is C14H16N2O. The van der Waals surface area contributed by atoms with Gasteiger partial charge in [-0.05, 0) is 36.7 Å². The van der Waals surface area contributed by atoms with Gasteiger partial charge in [0.2, 0.25) is 0 Å². The number of nitrogens with zero attached hydrogens (tertiary/aromatic N) is 1. The van der Waals surface area contributed by atoms with E-state index in [-0.39, 0.29) is 0 Å². The lowest BCUT2D eigenvalue weighted by molar-refractivity contribution is 0.477. The molecule has 17 heavy (non-hydrogen) atoms. The molecule has 88 valence electrons. The molecule has 3 rings (SSSR count). The van der Waals surface area contributed by atoms with Crippen molar-refractivity contribution >= 4 is 0 Å². The van der Waals surface area contributed by atoms with Crippen LogP contribution in [0.5, 0.6) is 5.75 Å². The normalized spacial score (nSPS) is 14.6. The third-order valence-corrected chi connectivity index (χ3v) is 3.49. The maximum absolute atomic E-state index is 9.92. The quantitative estimate of drug-likeness (QED) is 0.783. The SMILES string of the molecule is Cn1c(-c2ccccc2O)cc2c1CNCC2. The first-order chi connectivity index (χ1) is 8.27. The van der Waals surface area contributed by atoms with Crippen molar-refractivity contribution in [1.82, 2.24) is 9.88 Å². The van der Waals surface area contributed by atoms with Crippen LogP contribution < -0.4 is 5.32 Å². The van der Waals surface area contributed by atoms with Gasteiger partial charge in [0.25, 0.3) is 0 Å². The average Bonchev–Trinajstić information content (AvgIpc) is 2.68. The zero-order chi connectivity index (χ0) is 11.8. The Morgan fingerprint density at radius 2 is 2.12 bits per heavy atom. The van der Waals surface area contributed by atoms with E-state index in [9.17, 15) is 5.11 Å². The first-order valence-corrected chi connectivity index (χ1v) is 5.94. The molecule has 0 unspecified atom stereocenters. The van der Waals surface area contributed by atoms with Gasteiger partial charge >= 0.3 is 0 Å². The third kappa shape index (κ3) is 1.63. The molecule has 2 aromatic rings. The van der Waals surface area contributed by atoms with E-state index in [0.29, 0.717) is 5.75 Å². The lowest BCUT2D eigenvalue weighted by Gasteiger charge is -2.15. The summed E-state index contributed by atoms with van der Waals surface area (Å²) in [5.41, 5.74) is 4.72. The standard InChI is InChI=1S/C14H16N2O/c1-16-12(11-4-2-3-5-14(11)17)8-10-6-7-15-9-13(10)16/h2-5,8,15,17H,6-7,9H2,1H3. The van der Waals surface area contributed by atoms with Gasteiger partial charge < -0.3 is 15.0 Å². The molecule has 3 heteroatoms. The molecule has 0 fully saturated rings. The second kappa shape index (κ2) is 3.93. The fourth-order valence-corrected chi connectivity index (χ4v) is 2.53. The Bertz CT molecular complexity index is 557. The molecule has 0 amide bonds. The number of hydrogen-bond donors (Lipinski definition) is 2. The fraction of sp³-hybridized carbons (Fsp3) is 0.286. The van der Waals surface area contributed by atoms with Gasteiger partial charge in [-0.1, -0.05) is 12.1 Å². The van der Waals surface area contributed by atoms with Crippen molar-refractivity contribution in [2.24, 2.45) is 7.05 Å².